The zero-order valence-electron chi connectivity index (χ0n) is 16.9. The summed E-state index contributed by atoms with van der Waals surface area (Å²) in [5, 5.41) is 3.05. The molecule has 1 aromatic heterocycles. The first kappa shape index (κ1) is 19.1. The monoisotopic (exact) mass is 386 g/mol. The Labute approximate surface area is 171 Å². The number of carbonyl (C=O) groups is 1. The molecule has 1 fully saturated rings. The van der Waals surface area contributed by atoms with Crippen LogP contribution >= 0.6 is 0 Å². The zero-order valence-corrected chi connectivity index (χ0v) is 16.9. The van der Waals surface area contributed by atoms with Crippen molar-refractivity contribution in [1.82, 2.24) is 9.97 Å². The molecule has 5 nitrogen and oxygen atoms in total. The van der Waals surface area contributed by atoms with E-state index in [2.05, 4.69) is 45.3 Å². The lowest BCUT2D eigenvalue weighted by Crippen LogP contribution is -2.38. The van der Waals surface area contributed by atoms with Crippen LogP contribution in [0.3, 0.4) is 0 Å². The van der Waals surface area contributed by atoms with Crippen molar-refractivity contribution >= 4 is 17.4 Å². The van der Waals surface area contributed by atoms with Crippen LogP contribution in [0.5, 0.6) is 0 Å². The smallest absolute Gasteiger partial charge is 0.227 e. The van der Waals surface area contributed by atoms with Crippen molar-refractivity contribution in [2.75, 3.05) is 23.3 Å². The summed E-state index contributed by atoms with van der Waals surface area (Å²) in [5.74, 6) is 1.07. The van der Waals surface area contributed by atoms with Gasteiger partial charge in [-0.2, -0.15) is 0 Å². The Balaban J connectivity index is 1.39. The quantitative estimate of drug-likeness (QED) is 0.711. The number of hydrogen-bond acceptors (Lipinski definition) is 4. The Morgan fingerprint density at radius 3 is 2.45 bits per heavy atom. The maximum Gasteiger partial charge on any atom is 0.227 e. The molecule has 0 spiro atoms. The van der Waals surface area contributed by atoms with Gasteiger partial charge < -0.3 is 10.2 Å². The fraction of sp³-hybridized carbons (Fsp3) is 0.292. The highest BCUT2D eigenvalue weighted by Gasteiger charge is 2.26. The molecular formula is C24H26N4O. The fourth-order valence-electron chi connectivity index (χ4n) is 3.73. The molecule has 0 radical (unpaired) electrons. The standard InChI is InChI=1S/C24H26N4O/c1-17-6-8-21(9-7-17)27-24(29)19-10-12-28(13-11-19)23-15-22(25-16-26-23)20-5-3-4-18(2)14-20/h3-9,14-16,19H,10-13H2,1-2H3,(H,27,29). The Morgan fingerprint density at radius 2 is 1.72 bits per heavy atom. The summed E-state index contributed by atoms with van der Waals surface area (Å²) in [6, 6.07) is 18.3. The van der Waals surface area contributed by atoms with Gasteiger partial charge in [0.15, 0.2) is 0 Å². The highest BCUT2D eigenvalue weighted by Crippen LogP contribution is 2.26. The van der Waals surface area contributed by atoms with E-state index in [0.717, 1.165) is 48.7 Å². The highest BCUT2D eigenvalue weighted by molar-refractivity contribution is 5.92. The third kappa shape index (κ3) is 4.62. The van der Waals surface area contributed by atoms with Gasteiger partial charge in [0.1, 0.15) is 12.1 Å². The molecule has 1 amide bonds. The van der Waals surface area contributed by atoms with Crippen LogP contribution in [0.4, 0.5) is 11.5 Å². The molecule has 0 atom stereocenters. The van der Waals surface area contributed by atoms with Crippen LogP contribution in [-0.2, 0) is 4.79 Å². The summed E-state index contributed by atoms with van der Waals surface area (Å²) in [4.78, 5) is 23.8. The molecule has 1 saturated heterocycles. The van der Waals surface area contributed by atoms with E-state index in [-0.39, 0.29) is 11.8 Å². The van der Waals surface area contributed by atoms with Gasteiger partial charge in [0.2, 0.25) is 5.91 Å². The number of anilines is 2. The van der Waals surface area contributed by atoms with E-state index in [4.69, 9.17) is 0 Å². The topological polar surface area (TPSA) is 58.1 Å². The number of carbonyl (C=O) groups excluding carboxylic acids is 1. The largest absolute Gasteiger partial charge is 0.356 e. The molecule has 2 aromatic carbocycles. The van der Waals surface area contributed by atoms with Gasteiger partial charge in [-0.25, -0.2) is 9.97 Å². The molecule has 1 aliphatic heterocycles. The van der Waals surface area contributed by atoms with E-state index >= 15 is 0 Å². The molecule has 4 rings (SSSR count). The summed E-state index contributed by atoms with van der Waals surface area (Å²) < 4.78 is 0. The first-order valence-corrected chi connectivity index (χ1v) is 10.1. The second kappa shape index (κ2) is 8.43. The Kier molecular flexibility index (Phi) is 5.56. The molecule has 0 unspecified atom stereocenters. The summed E-state index contributed by atoms with van der Waals surface area (Å²) in [5.41, 5.74) is 5.29. The molecule has 148 valence electrons. The van der Waals surface area contributed by atoms with Crippen molar-refractivity contribution in [3.8, 4) is 11.3 Å². The van der Waals surface area contributed by atoms with Gasteiger partial charge in [0.25, 0.3) is 0 Å². The summed E-state index contributed by atoms with van der Waals surface area (Å²) in [7, 11) is 0. The second-order valence-electron chi connectivity index (χ2n) is 7.75. The summed E-state index contributed by atoms with van der Waals surface area (Å²) >= 11 is 0. The van der Waals surface area contributed by atoms with Crippen LogP contribution in [0.25, 0.3) is 11.3 Å². The predicted octanol–water partition coefficient (Wildman–Crippen LogP) is 4.62. The van der Waals surface area contributed by atoms with Crippen LogP contribution < -0.4 is 10.2 Å². The number of hydrogen-bond donors (Lipinski definition) is 1. The molecule has 0 aliphatic carbocycles. The third-order valence-corrected chi connectivity index (χ3v) is 5.48. The molecule has 1 aliphatic rings. The van der Waals surface area contributed by atoms with Gasteiger partial charge in [0, 0.05) is 36.3 Å². The van der Waals surface area contributed by atoms with E-state index in [1.54, 1.807) is 6.33 Å². The highest BCUT2D eigenvalue weighted by atomic mass is 16.1. The predicted molar refractivity (Wildman–Crippen MR) is 117 cm³/mol. The van der Waals surface area contributed by atoms with Crippen LogP contribution in [0.15, 0.2) is 60.9 Å². The molecule has 1 N–H and O–H groups in total. The van der Waals surface area contributed by atoms with Gasteiger partial charge in [-0.15, -0.1) is 0 Å². The summed E-state index contributed by atoms with van der Waals surface area (Å²) in [6.07, 6.45) is 3.27. The molecular weight excluding hydrogens is 360 g/mol. The van der Waals surface area contributed by atoms with Gasteiger partial charge in [-0.3, -0.25) is 4.79 Å². The minimum atomic E-state index is 0.0330. The third-order valence-electron chi connectivity index (χ3n) is 5.48. The van der Waals surface area contributed by atoms with E-state index in [9.17, 15) is 4.79 Å². The van der Waals surface area contributed by atoms with E-state index in [1.807, 2.05) is 43.3 Å². The number of aromatic nitrogens is 2. The van der Waals surface area contributed by atoms with Crippen molar-refractivity contribution < 1.29 is 4.79 Å². The number of rotatable bonds is 4. The molecule has 0 saturated carbocycles. The molecule has 2 heterocycles. The number of nitrogens with zero attached hydrogens (tertiary/aromatic N) is 3. The SMILES string of the molecule is Cc1ccc(NC(=O)C2CCN(c3cc(-c4cccc(C)c4)ncn3)CC2)cc1. The average Bonchev–Trinajstić information content (AvgIpc) is 2.75. The maximum atomic E-state index is 12.6. The van der Waals surface area contributed by atoms with Crippen LogP contribution in [0, 0.1) is 19.8 Å². The fourth-order valence-corrected chi connectivity index (χ4v) is 3.73. The van der Waals surface area contributed by atoms with Gasteiger partial charge >= 0.3 is 0 Å². The number of piperidine rings is 1. The summed E-state index contributed by atoms with van der Waals surface area (Å²) in [6.45, 7) is 5.75. The first-order valence-electron chi connectivity index (χ1n) is 10.1. The van der Waals surface area contributed by atoms with Gasteiger partial charge in [0.05, 0.1) is 5.69 Å². The van der Waals surface area contributed by atoms with Crippen LogP contribution in [-0.4, -0.2) is 29.0 Å². The second-order valence-corrected chi connectivity index (χ2v) is 7.75. The number of amides is 1. The number of benzene rings is 2. The van der Waals surface area contributed by atoms with Gasteiger partial charge in [-0.05, 0) is 44.9 Å². The first-order chi connectivity index (χ1) is 14.1. The van der Waals surface area contributed by atoms with Crippen molar-refractivity contribution in [2.45, 2.75) is 26.7 Å². The molecule has 5 heteroatoms. The Bertz CT molecular complexity index is 992. The number of aryl methyl sites for hydroxylation is 2. The van der Waals surface area contributed by atoms with Crippen molar-refractivity contribution in [3.63, 3.8) is 0 Å². The minimum Gasteiger partial charge on any atom is -0.356 e. The average molecular weight is 386 g/mol. The maximum absolute atomic E-state index is 12.6. The van der Waals surface area contributed by atoms with E-state index in [1.165, 1.54) is 11.1 Å². The van der Waals surface area contributed by atoms with E-state index < -0.39 is 0 Å². The molecule has 0 bridgehead atoms. The van der Waals surface area contributed by atoms with E-state index in [0.29, 0.717) is 0 Å². The molecule has 29 heavy (non-hydrogen) atoms. The van der Waals surface area contributed by atoms with Gasteiger partial charge in [-0.1, -0.05) is 41.5 Å². The van der Waals surface area contributed by atoms with Crippen LogP contribution in [0.2, 0.25) is 0 Å². The Morgan fingerprint density at radius 1 is 0.966 bits per heavy atom. The Hall–Kier alpha value is -3.21. The normalized spacial score (nSPS) is 14.6. The lowest BCUT2D eigenvalue weighted by molar-refractivity contribution is -0.120. The number of nitrogens with one attached hydrogen (secondary N) is 1. The lowest BCUT2D eigenvalue weighted by Gasteiger charge is -2.32. The van der Waals surface area contributed by atoms with Crippen molar-refractivity contribution in [2.24, 2.45) is 5.92 Å². The lowest BCUT2D eigenvalue weighted by atomic mass is 9.95. The molecule has 3 aromatic rings. The minimum absolute atomic E-state index is 0.0330. The zero-order chi connectivity index (χ0) is 20.2. The van der Waals surface area contributed by atoms with Crippen molar-refractivity contribution in [1.29, 1.82) is 0 Å². The van der Waals surface area contributed by atoms with Crippen LogP contribution in [0.1, 0.15) is 24.0 Å². The van der Waals surface area contributed by atoms with Crippen molar-refractivity contribution in [3.05, 3.63) is 72.1 Å².